The molecule has 0 bridgehead atoms. The van der Waals surface area contributed by atoms with Gasteiger partial charge in [-0.2, -0.15) is 0 Å². The summed E-state index contributed by atoms with van der Waals surface area (Å²) in [6.07, 6.45) is 3.26. The number of ether oxygens (including phenoxy) is 2. The summed E-state index contributed by atoms with van der Waals surface area (Å²) in [6.45, 7) is 0.494. The zero-order valence-corrected chi connectivity index (χ0v) is 11.1. The van der Waals surface area contributed by atoms with Gasteiger partial charge in [-0.3, -0.25) is 0 Å². The van der Waals surface area contributed by atoms with Crippen LogP contribution in [0.2, 0.25) is 0 Å². The number of fused-ring (bicyclic) bond motifs is 1. The molecule has 0 unspecified atom stereocenters. The van der Waals surface area contributed by atoms with Crippen molar-refractivity contribution in [2.24, 2.45) is 0 Å². The highest BCUT2D eigenvalue weighted by Gasteiger charge is 2.10. The van der Waals surface area contributed by atoms with E-state index in [1.54, 1.807) is 13.3 Å². The lowest BCUT2D eigenvalue weighted by molar-refractivity contribution is 0.286. The number of nitrogens with zero attached hydrogens (tertiary/aromatic N) is 2. The molecular formula is C16H14N2O2. The Bertz CT molecular complexity index is 714. The normalized spacial score (nSPS) is 10.4. The monoisotopic (exact) mass is 266 g/mol. The molecule has 0 amide bonds. The molecule has 0 spiro atoms. The Labute approximate surface area is 117 Å². The fourth-order valence-electron chi connectivity index (χ4n) is 2.06. The number of methoxy groups -OCH3 is 1. The lowest BCUT2D eigenvalue weighted by Gasteiger charge is -2.12. The Hall–Kier alpha value is -2.62. The van der Waals surface area contributed by atoms with E-state index in [1.165, 1.54) is 6.33 Å². The van der Waals surface area contributed by atoms with Crippen LogP contribution in [0.15, 0.2) is 55.0 Å². The first-order valence-corrected chi connectivity index (χ1v) is 6.32. The van der Waals surface area contributed by atoms with Gasteiger partial charge in [0.2, 0.25) is 0 Å². The van der Waals surface area contributed by atoms with E-state index in [0.717, 1.165) is 16.5 Å². The van der Waals surface area contributed by atoms with Crippen molar-refractivity contribution in [2.45, 2.75) is 6.61 Å². The summed E-state index contributed by atoms with van der Waals surface area (Å²) >= 11 is 0. The van der Waals surface area contributed by atoms with E-state index < -0.39 is 0 Å². The highest BCUT2D eigenvalue weighted by Crippen LogP contribution is 2.34. The van der Waals surface area contributed by atoms with Gasteiger partial charge < -0.3 is 9.47 Å². The molecule has 0 fully saturated rings. The van der Waals surface area contributed by atoms with Crippen LogP contribution in [0, 0.1) is 0 Å². The van der Waals surface area contributed by atoms with E-state index in [9.17, 15) is 0 Å². The molecule has 4 heteroatoms. The predicted octanol–water partition coefficient (Wildman–Crippen LogP) is 3.22. The molecule has 4 nitrogen and oxygen atoms in total. The minimum Gasteiger partial charge on any atom is -0.491 e. The van der Waals surface area contributed by atoms with Gasteiger partial charge in [0.1, 0.15) is 18.5 Å². The van der Waals surface area contributed by atoms with E-state index in [1.807, 2.05) is 42.5 Å². The lowest BCUT2D eigenvalue weighted by atomic mass is 10.2. The van der Waals surface area contributed by atoms with Gasteiger partial charge in [0.15, 0.2) is 11.5 Å². The van der Waals surface area contributed by atoms with Crippen molar-refractivity contribution in [3.63, 3.8) is 0 Å². The fourth-order valence-corrected chi connectivity index (χ4v) is 2.06. The molecule has 0 N–H and O–H groups in total. The maximum atomic E-state index is 5.84. The standard InChI is InChI=1S/C16H14N2O2/c1-19-16-14(20-10-12-5-3-2-4-6-12)8-7-13-9-17-11-18-15(13)16/h2-9,11H,10H2,1H3. The fraction of sp³-hybridized carbons (Fsp3) is 0.125. The third kappa shape index (κ3) is 2.40. The summed E-state index contributed by atoms with van der Waals surface area (Å²) in [4.78, 5) is 8.26. The second kappa shape index (κ2) is 5.57. The molecule has 100 valence electrons. The molecule has 0 aliphatic heterocycles. The minimum atomic E-state index is 0.494. The molecule has 0 saturated carbocycles. The van der Waals surface area contributed by atoms with Crippen LogP contribution in [0.4, 0.5) is 0 Å². The summed E-state index contributed by atoms with van der Waals surface area (Å²) in [5, 5.41) is 0.927. The summed E-state index contributed by atoms with van der Waals surface area (Å²) < 4.78 is 11.3. The molecule has 3 aromatic rings. The second-order valence-corrected chi connectivity index (χ2v) is 4.33. The quantitative estimate of drug-likeness (QED) is 0.727. The smallest absolute Gasteiger partial charge is 0.187 e. The van der Waals surface area contributed by atoms with Crippen LogP contribution in [-0.4, -0.2) is 17.1 Å². The molecule has 0 atom stereocenters. The van der Waals surface area contributed by atoms with Crippen molar-refractivity contribution < 1.29 is 9.47 Å². The molecule has 3 rings (SSSR count). The van der Waals surface area contributed by atoms with Crippen molar-refractivity contribution in [3.8, 4) is 11.5 Å². The predicted molar refractivity (Wildman–Crippen MR) is 76.9 cm³/mol. The third-order valence-corrected chi connectivity index (χ3v) is 3.03. The summed E-state index contributed by atoms with van der Waals surface area (Å²) in [7, 11) is 1.62. The molecule has 0 radical (unpaired) electrons. The molecular weight excluding hydrogens is 252 g/mol. The Morgan fingerprint density at radius 3 is 2.70 bits per heavy atom. The van der Waals surface area contributed by atoms with Gasteiger partial charge in [-0.15, -0.1) is 0 Å². The van der Waals surface area contributed by atoms with Gasteiger partial charge in [0, 0.05) is 11.6 Å². The van der Waals surface area contributed by atoms with E-state index in [2.05, 4.69) is 9.97 Å². The van der Waals surface area contributed by atoms with Crippen molar-refractivity contribution in [3.05, 3.63) is 60.6 Å². The summed E-state index contributed by atoms with van der Waals surface area (Å²) in [5.74, 6) is 1.32. The Balaban J connectivity index is 1.91. The van der Waals surface area contributed by atoms with E-state index >= 15 is 0 Å². The zero-order chi connectivity index (χ0) is 13.8. The average molecular weight is 266 g/mol. The molecule has 1 heterocycles. The van der Waals surface area contributed by atoms with Crippen molar-refractivity contribution in [2.75, 3.05) is 7.11 Å². The number of aromatic nitrogens is 2. The maximum absolute atomic E-state index is 5.84. The molecule has 0 aliphatic carbocycles. The first-order chi connectivity index (χ1) is 9.88. The van der Waals surface area contributed by atoms with Gasteiger partial charge >= 0.3 is 0 Å². The van der Waals surface area contributed by atoms with Crippen LogP contribution < -0.4 is 9.47 Å². The van der Waals surface area contributed by atoms with Gasteiger partial charge in [0.25, 0.3) is 0 Å². The Kier molecular flexibility index (Phi) is 3.46. The second-order valence-electron chi connectivity index (χ2n) is 4.33. The largest absolute Gasteiger partial charge is 0.491 e. The Morgan fingerprint density at radius 2 is 1.90 bits per heavy atom. The van der Waals surface area contributed by atoms with Gasteiger partial charge in [-0.1, -0.05) is 30.3 Å². The first kappa shape index (κ1) is 12.4. The summed E-state index contributed by atoms with van der Waals surface area (Å²) in [5.41, 5.74) is 1.87. The molecule has 0 saturated heterocycles. The van der Waals surface area contributed by atoms with Gasteiger partial charge in [-0.25, -0.2) is 9.97 Å². The maximum Gasteiger partial charge on any atom is 0.187 e. The van der Waals surface area contributed by atoms with Crippen LogP contribution in [-0.2, 0) is 6.61 Å². The van der Waals surface area contributed by atoms with Gasteiger partial charge in [0.05, 0.1) is 7.11 Å². The number of rotatable bonds is 4. The van der Waals surface area contributed by atoms with Crippen molar-refractivity contribution in [1.29, 1.82) is 0 Å². The average Bonchev–Trinajstić information content (AvgIpc) is 2.53. The molecule has 20 heavy (non-hydrogen) atoms. The highest BCUT2D eigenvalue weighted by molar-refractivity contribution is 5.86. The van der Waals surface area contributed by atoms with Crippen LogP contribution in [0.5, 0.6) is 11.5 Å². The Morgan fingerprint density at radius 1 is 1.05 bits per heavy atom. The lowest BCUT2D eigenvalue weighted by Crippen LogP contribution is -1.98. The zero-order valence-electron chi connectivity index (χ0n) is 11.1. The molecule has 0 aliphatic rings. The van der Waals surface area contributed by atoms with Crippen molar-refractivity contribution >= 4 is 10.9 Å². The van der Waals surface area contributed by atoms with E-state index in [0.29, 0.717) is 18.1 Å². The van der Waals surface area contributed by atoms with Crippen LogP contribution in [0.1, 0.15) is 5.56 Å². The van der Waals surface area contributed by atoms with Crippen LogP contribution in [0.3, 0.4) is 0 Å². The topological polar surface area (TPSA) is 44.2 Å². The van der Waals surface area contributed by atoms with Gasteiger partial charge in [-0.05, 0) is 17.7 Å². The highest BCUT2D eigenvalue weighted by atomic mass is 16.5. The minimum absolute atomic E-state index is 0.494. The van der Waals surface area contributed by atoms with E-state index in [-0.39, 0.29) is 0 Å². The number of hydrogen-bond donors (Lipinski definition) is 0. The van der Waals surface area contributed by atoms with Crippen molar-refractivity contribution in [1.82, 2.24) is 9.97 Å². The summed E-state index contributed by atoms with van der Waals surface area (Å²) in [6, 6.07) is 13.8. The number of benzene rings is 2. The first-order valence-electron chi connectivity index (χ1n) is 6.32. The van der Waals surface area contributed by atoms with Crippen LogP contribution >= 0.6 is 0 Å². The SMILES string of the molecule is COc1c(OCc2ccccc2)ccc2cncnc12. The number of hydrogen-bond acceptors (Lipinski definition) is 4. The van der Waals surface area contributed by atoms with Crippen LogP contribution in [0.25, 0.3) is 10.9 Å². The molecule has 1 aromatic heterocycles. The van der Waals surface area contributed by atoms with E-state index in [4.69, 9.17) is 9.47 Å². The third-order valence-electron chi connectivity index (χ3n) is 3.03. The molecule has 2 aromatic carbocycles.